The largest absolute Gasteiger partial charge is 0.455 e. The van der Waals surface area contributed by atoms with E-state index < -0.39 is 5.66 Å². The number of anilines is 1. The summed E-state index contributed by atoms with van der Waals surface area (Å²) in [7, 11) is 0. The summed E-state index contributed by atoms with van der Waals surface area (Å²) >= 11 is 0. The Morgan fingerprint density at radius 2 is 1.93 bits per heavy atom. The fraction of sp³-hybridized carbons (Fsp3) is 0.350. The van der Waals surface area contributed by atoms with Crippen molar-refractivity contribution < 1.29 is 4.74 Å². The highest BCUT2D eigenvalue weighted by atomic mass is 16.5. The molecule has 0 unspecified atom stereocenters. The predicted molar refractivity (Wildman–Crippen MR) is 107 cm³/mol. The number of nitrogens with zero attached hydrogens (tertiary/aromatic N) is 4. The normalized spacial score (nSPS) is 18.8. The van der Waals surface area contributed by atoms with Gasteiger partial charge in [-0.05, 0) is 68.5 Å². The molecule has 27 heavy (non-hydrogen) atoms. The van der Waals surface area contributed by atoms with Crippen molar-refractivity contribution >= 4 is 17.6 Å². The molecule has 1 spiro atoms. The van der Waals surface area contributed by atoms with Gasteiger partial charge in [0.15, 0.2) is 0 Å². The summed E-state index contributed by atoms with van der Waals surface area (Å²) in [4.78, 5) is 15.0. The summed E-state index contributed by atoms with van der Waals surface area (Å²) in [5.74, 6) is 2.14. The van der Waals surface area contributed by atoms with Gasteiger partial charge in [0.25, 0.3) is 0 Å². The number of guanidine groups is 2. The van der Waals surface area contributed by atoms with E-state index in [4.69, 9.17) is 21.2 Å². The zero-order valence-electron chi connectivity index (χ0n) is 15.4. The summed E-state index contributed by atoms with van der Waals surface area (Å²) in [6, 6.07) is 9.72. The van der Waals surface area contributed by atoms with Gasteiger partial charge in [0, 0.05) is 11.9 Å². The molecule has 0 saturated heterocycles. The van der Waals surface area contributed by atoms with Crippen LogP contribution in [0.5, 0.6) is 11.5 Å². The van der Waals surface area contributed by atoms with Crippen LogP contribution in [0.4, 0.5) is 5.69 Å². The van der Waals surface area contributed by atoms with Crippen molar-refractivity contribution in [3.63, 3.8) is 0 Å². The van der Waals surface area contributed by atoms with Gasteiger partial charge in [-0.3, -0.25) is 9.88 Å². The van der Waals surface area contributed by atoms with Crippen molar-refractivity contribution in [3.05, 3.63) is 48.3 Å². The SMILES string of the molecule is Cc1cc(N2C(N)=NC(N)=NC23CCCCC3)ccc1Oc1cccnc1. The van der Waals surface area contributed by atoms with Crippen LogP contribution in [0.3, 0.4) is 0 Å². The van der Waals surface area contributed by atoms with E-state index in [0.717, 1.165) is 42.7 Å². The van der Waals surface area contributed by atoms with Crippen LogP contribution in [0.25, 0.3) is 0 Å². The average Bonchev–Trinajstić information content (AvgIpc) is 2.65. The lowest BCUT2D eigenvalue weighted by molar-refractivity contribution is 0.305. The Labute approximate surface area is 158 Å². The first-order valence-corrected chi connectivity index (χ1v) is 9.26. The van der Waals surface area contributed by atoms with Gasteiger partial charge in [-0.25, -0.2) is 4.99 Å². The first-order valence-electron chi connectivity index (χ1n) is 9.26. The number of ether oxygens (including phenoxy) is 1. The van der Waals surface area contributed by atoms with E-state index in [9.17, 15) is 0 Å². The number of hydrogen-bond donors (Lipinski definition) is 2. The molecular weight excluding hydrogens is 340 g/mol. The maximum absolute atomic E-state index is 6.29. The number of aliphatic imine (C=N–C) groups is 2. The average molecular weight is 364 g/mol. The summed E-state index contributed by atoms with van der Waals surface area (Å²) < 4.78 is 5.94. The monoisotopic (exact) mass is 364 g/mol. The quantitative estimate of drug-likeness (QED) is 0.870. The number of benzene rings is 1. The van der Waals surface area contributed by atoms with Gasteiger partial charge in [-0.15, -0.1) is 0 Å². The molecule has 0 bridgehead atoms. The Morgan fingerprint density at radius 3 is 2.63 bits per heavy atom. The van der Waals surface area contributed by atoms with Crippen molar-refractivity contribution in [3.8, 4) is 11.5 Å². The van der Waals surface area contributed by atoms with Gasteiger partial charge in [0.05, 0.1) is 6.20 Å². The third-order valence-electron chi connectivity index (χ3n) is 5.13. The van der Waals surface area contributed by atoms with Crippen LogP contribution >= 0.6 is 0 Å². The lowest BCUT2D eigenvalue weighted by Crippen LogP contribution is -2.58. The highest BCUT2D eigenvalue weighted by Gasteiger charge is 2.42. The Hall–Kier alpha value is -3.09. The van der Waals surface area contributed by atoms with Gasteiger partial charge >= 0.3 is 0 Å². The minimum Gasteiger partial charge on any atom is -0.455 e. The van der Waals surface area contributed by atoms with E-state index in [1.165, 1.54) is 6.42 Å². The number of aromatic nitrogens is 1. The molecule has 1 aliphatic carbocycles. The molecule has 0 amide bonds. The standard InChI is InChI=1S/C20H24N6O/c1-14-12-15(7-8-17(14)27-16-6-5-11-23-13-16)26-19(22)24-18(21)25-20(26)9-3-2-4-10-20/h5-8,11-13H,2-4,9-10H2,1H3,(H4,21,22,24,25). The van der Waals surface area contributed by atoms with E-state index in [1.54, 1.807) is 12.4 Å². The molecule has 2 heterocycles. The van der Waals surface area contributed by atoms with Crippen LogP contribution in [-0.2, 0) is 0 Å². The van der Waals surface area contributed by atoms with Gasteiger partial charge in [-0.1, -0.05) is 6.42 Å². The van der Waals surface area contributed by atoms with Crippen LogP contribution in [0, 0.1) is 6.92 Å². The maximum atomic E-state index is 6.29. The molecule has 2 aromatic rings. The molecule has 0 atom stereocenters. The van der Waals surface area contributed by atoms with E-state index in [2.05, 4.69) is 16.0 Å². The molecule has 4 rings (SSSR count). The van der Waals surface area contributed by atoms with Crippen molar-refractivity contribution in [1.29, 1.82) is 0 Å². The number of nitrogens with two attached hydrogens (primary N) is 2. The minimum atomic E-state index is -0.438. The second-order valence-corrected chi connectivity index (χ2v) is 7.06. The molecule has 140 valence electrons. The molecule has 1 aliphatic heterocycles. The molecular formula is C20H24N6O. The van der Waals surface area contributed by atoms with E-state index in [0.29, 0.717) is 11.7 Å². The second kappa shape index (κ2) is 6.90. The molecule has 1 aromatic carbocycles. The number of aryl methyl sites for hydroxylation is 1. The summed E-state index contributed by atoms with van der Waals surface area (Å²) in [6.07, 6.45) is 8.64. The van der Waals surface area contributed by atoms with Crippen LogP contribution in [0.15, 0.2) is 52.7 Å². The summed E-state index contributed by atoms with van der Waals surface area (Å²) in [6.45, 7) is 2.01. The summed E-state index contributed by atoms with van der Waals surface area (Å²) in [5.41, 5.74) is 13.7. The minimum absolute atomic E-state index is 0.263. The fourth-order valence-corrected chi connectivity index (χ4v) is 3.92. The molecule has 1 aromatic heterocycles. The van der Waals surface area contributed by atoms with E-state index in [1.807, 2.05) is 36.1 Å². The van der Waals surface area contributed by atoms with Crippen LogP contribution in [0.1, 0.15) is 37.7 Å². The van der Waals surface area contributed by atoms with Crippen molar-refractivity contribution in [2.75, 3.05) is 4.90 Å². The molecule has 2 aliphatic rings. The Kier molecular flexibility index (Phi) is 4.43. The van der Waals surface area contributed by atoms with Gasteiger partial charge < -0.3 is 16.2 Å². The lowest BCUT2D eigenvalue weighted by atomic mass is 9.87. The fourth-order valence-electron chi connectivity index (χ4n) is 3.92. The first kappa shape index (κ1) is 17.3. The molecule has 7 heteroatoms. The van der Waals surface area contributed by atoms with Gasteiger partial charge in [0.1, 0.15) is 17.2 Å². The second-order valence-electron chi connectivity index (χ2n) is 7.06. The van der Waals surface area contributed by atoms with Gasteiger partial charge in [-0.2, -0.15) is 4.99 Å². The molecule has 7 nitrogen and oxygen atoms in total. The Balaban J connectivity index is 1.67. The zero-order chi connectivity index (χ0) is 18.9. The van der Waals surface area contributed by atoms with E-state index >= 15 is 0 Å². The van der Waals surface area contributed by atoms with Crippen molar-refractivity contribution in [2.24, 2.45) is 21.5 Å². The third-order valence-corrected chi connectivity index (χ3v) is 5.13. The third kappa shape index (κ3) is 3.32. The van der Waals surface area contributed by atoms with Crippen LogP contribution in [0.2, 0.25) is 0 Å². The molecule has 1 saturated carbocycles. The van der Waals surface area contributed by atoms with Crippen molar-refractivity contribution in [2.45, 2.75) is 44.7 Å². The highest BCUT2D eigenvalue weighted by molar-refractivity contribution is 6.05. The predicted octanol–water partition coefficient (Wildman–Crippen LogP) is 3.29. The lowest BCUT2D eigenvalue weighted by Gasteiger charge is -2.45. The Morgan fingerprint density at radius 1 is 1.11 bits per heavy atom. The van der Waals surface area contributed by atoms with Crippen LogP contribution < -0.4 is 21.1 Å². The number of hydrogen-bond acceptors (Lipinski definition) is 7. The molecule has 1 fully saturated rings. The number of pyridine rings is 1. The topological polar surface area (TPSA) is 102 Å². The molecule has 4 N–H and O–H groups in total. The van der Waals surface area contributed by atoms with Gasteiger partial charge in [0.2, 0.25) is 11.9 Å². The van der Waals surface area contributed by atoms with Crippen LogP contribution in [-0.4, -0.2) is 22.6 Å². The first-order chi connectivity index (χ1) is 13.1. The summed E-state index contributed by atoms with van der Waals surface area (Å²) in [5, 5.41) is 0. The highest BCUT2D eigenvalue weighted by Crippen LogP contribution is 2.40. The maximum Gasteiger partial charge on any atom is 0.220 e. The molecule has 0 radical (unpaired) electrons. The zero-order valence-corrected chi connectivity index (χ0v) is 15.4. The Bertz CT molecular complexity index is 887. The van der Waals surface area contributed by atoms with Crippen molar-refractivity contribution in [1.82, 2.24) is 4.98 Å². The smallest absolute Gasteiger partial charge is 0.220 e. The number of rotatable bonds is 3. The van der Waals surface area contributed by atoms with E-state index in [-0.39, 0.29) is 5.96 Å².